The van der Waals surface area contributed by atoms with Gasteiger partial charge in [0.05, 0.1) is 19.4 Å². The Morgan fingerprint density at radius 3 is 2.68 bits per heavy atom. The van der Waals surface area contributed by atoms with Crippen LogP contribution in [0.2, 0.25) is 0 Å². The molecule has 0 aliphatic rings. The number of carbonyl (C=O) groups excluding carboxylic acids is 2. The van der Waals surface area contributed by atoms with Gasteiger partial charge >= 0.3 is 5.97 Å². The Labute approximate surface area is 179 Å². The molecule has 162 valence electrons. The fourth-order valence-corrected chi connectivity index (χ4v) is 2.85. The SMILES string of the molecule is [2H]COc1ncc(-c2ccc3c(C(=O)NC)n[nH]c3c2)cc1C(=O)NCC(C)(C)C(=O)O. The van der Waals surface area contributed by atoms with Crippen LogP contribution < -0.4 is 15.4 Å². The third kappa shape index (κ3) is 4.32. The maximum Gasteiger partial charge on any atom is 0.310 e. The summed E-state index contributed by atoms with van der Waals surface area (Å²) in [4.78, 5) is 40.2. The number of pyridine rings is 1. The predicted molar refractivity (Wildman–Crippen MR) is 113 cm³/mol. The lowest BCUT2D eigenvalue weighted by Crippen LogP contribution is -2.39. The van der Waals surface area contributed by atoms with Gasteiger partial charge in [-0.05, 0) is 37.6 Å². The van der Waals surface area contributed by atoms with E-state index in [1.54, 1.807) is 24.3 Å². The van der Waals surface area contributed by atoms with Gasteiger partial charge in [0, 0.05) is 30.7 Å². The molecule has 0 bridgehead atoms. The van der Waals surface area contributed by atoms with Crippen molar-refractivity contribution in [3.8, 4) is 17.0 Å². The van der Waals surface area contributed by atoms with Gasteiger partial charge in [-0.15, -0.1) is 0 Å². The lowest BCUT2D eigenvalue weighted by molar-refractivity contribution is -0.146. The zero-order valence-corrected chi connectivity index (χ0v) is 17.3. The highest BCUT2D eigenvalue weighted by atomic mass is 16.5. The van der Waals surface area contributed by atoms with Crippen molar-refractivity contribution in [1.29, 1.82) is 0 Å². The van der Waals surface area contributed by atoms with Crippen LogP contribution in [0.3, 0.4) is 0 Å². The minimum atomic E-state index is -1.16. The maximum absolute atomic E-state index is 12.8. The Balaban J connectivity index is 1.95. The fourth-order valence-electron chi connectivity index (χ4n) is 2.85. The first-order chi connectivity index (χ1) is 15.2. The molecule has 0 radical (unpaired) electrons. The van der Waals surface area contributed by atoms with Crippen molar-refractivity contribution < 1.29 is 25.6 Å². The smallest absolute Gasteiger partial charge is 0.310 e. The van der Waals surface area contributed by atoms with Gasteiger partial charge in [-0.2, -0.15) is 5.10 Å². The van der Waals surface area contributed by atoms with Crippen LogP contribution in [0, 0.1) is 5.41 Å². The number of amides is 2. The lowest BCUT2D eigenvalue weighted by Gasteiger charge is -2.20. The molecule has 31 heavy (non-hydrogen) atoms. The van der Waals surface area contributed by atoms with Gasteiger partial charge in [-0.1, -0.05) is 6.07 Å². The first-order valence-electron chi connectivity index (χ1n) is 10.0. The summed E-state index contributed by atoms with van der Waals surface area (Å²) in [5.74, 6) is -1.96. The maximum atomic E-state index is 12.8. The average molecular weight is 426 g/mol. The molecule has 4 N–H and O–H groups in total. The minimum Gasteiger partial charge on any atom is -0.481 e. The van der Waals surface area contributed by atoms with E-state index in [2.05, 4.69) is 25.8 Å². The van der Waals surface area contributed by atoms with Crippen LogP contribution >= 0.6 is 0 Å². The number of benzene rings is 1. The highest BCUT2D eigenvalue weighted by Gasteiger charge is 2.28. The summed E-state index contributed by atoms with van der Waals surface area (Å²) in [6.07, 6.45) is 1.50. The number of methoxy groups -OCH3 is 1. The molecule has 0 aliphatic heterocycles. The normalized spacial score (nSPS) is 11.6. The molecule has 10 nitrogen and oxygen atoms in total. The van der Waals surface area contributed by atoms with Gasteiger partial charge in [0.2, 0.25) is 5.88 Å². The van der Waals surface area contributed by atoms with E-state index in [4.69, 9.17) is 6.11 Å². The van der Waals surface area contributed by atoms with E-state index in [-0.39, 0.29) is 29.6 Å². The number of carboxylic acids is 1. The number of aliphatic carboxylic acids is 1. The van der Waals surface area contributed by atoms with E-state index in [0.29, 0.717) is 22.0 Å². The number of aromatic nitrogens is 3. The molecule has 3 aromatic rings. The second-order valence-electron chi connectivity index (χ2n) is 7.50. The zero-order chi connectivity index (χ0) is 23.5. The topological polar surface area (TPSA) is 146 Å². The standard InChI is InChI=1S/C21H23N5O5/c1-21(2,20(29)30)10-24-17(27)14-7-12(9-23-19(14)31-4)11-5-6-13-15(8-11)25-26-16(13)18(28)22-3/h5-9H,10H2,1-4H3,(H,22,28)(H,24,27)(H,25,26)(H,29,30)/i4D. The molecule has 1 aromatic carbocycles. The van der Waals surface area contributed by atoms with Crippen LogP contribution in [-0.2, 0) is 4.79 Å². The Kier molecular flexibility index (Phi) is 5.52. The van der Waals surface area contributed by atoms with Crippen LogP contribution in [0.15, 0.2) is 30.5 Å². The first kappa shape index (κ1) is 20.3. The van der Waals surface area contributed by atoms with Crippen molar-refractivity contribution in [3.63, 3.8) is 0 Å². The number of carboxylic acid groups (broad SMARTS) is 1. The Morgan fingerprint density at radius 2 is 2.00 bits per heavy atom. The van der Waals surface area contributed by atoms with E-state index in [1.807, 2.05) is 0 Å². The second-order valence-corrected chi connectivity index (χ2v) is 7.50. The second kappa shape index (κ2) is 8.42. The summed E-state index contributed by atoms with van der Waals surface area (Å²) >= 11 is 0. The lowest BCUT2D eigenvalue weighted by atomic mass is 9.94. The van der Waals surface area contributed by atoms with Gasteiger partial charge in [0.15, 0.2) is 5.69 Å². The molecular weight excluding hydrogens is 402 g/mol. The third-order valence-electron chi connectivity index (χ3n) is 4.84. The number of aromatic amines is 1. The fraction of sp³-hybridized carbons (Fsp3) is 0.286. The summed E-state index contributed by atoms with van der Waals surface area (Å²) in [7, 11) is 1.09. The van der Waals surface area contributed by atoms with Gasteiger partial charge in [0.25, 0.3) is 11.8 Å². The molecule has 10 heteroatoms. The van der Waals surface area contributed by atoms with E-state index in [1.165, 1.54) is 27.1 Å². The van der Waals surface area contributed by atoms with E-state index < -0.39 is 24.4 Å². The van der Waals surface area contributed by atoms with Crippen LogP contribution in [0.25, 0.3) is 22.0 Å². The molecule has 0 spiro atoms. The van der Waals surface area contributed by atoms with E-state index in [0.717, 1.165) is 0 Å². The third-order valence-corrected chi connectivity index (χ3v) is 4.84. The highest BCUT2D eigenvalue weighted by Crippen LogP contribution is 2.28. The molecule has 0 unspecified atom stereocenters. The number of rotatable bonds is 7. The number of ether oxygens (including phenoxy) is 1. The van der Waals surface area contributed by atoms with Gasteiger partial charge in [-0.25, -0.2) is 4.98 Å². The van der Waals surface area contributed by atoms with Crippen LogP contribution in [0.5, 0.6) is 5.88 Å². The summed E-state index contributed by atoms with van der Waals surface area (Å²) in [5.41, 5.74) is 1.10. The van der Waals surface area contributed by atoms with Crippen molar-refractivity contribution >= 4 is 28.7 Å². The molecule has 0 aliphatic carbocycles. The van der Waals surface area contributed by atoms with Gasteiger partial charge in [-0.3, -0.25) is 19.5 Å². The Morgan fingerprint density at radius 1 is 1.23 bits per heavy atom. The minimum absolute atomic E-state index is 0.0288. The highest BCUT2D eigenvalue weighted by molar-refractivity contribution is 6.05. The number of hydrogen-bond donors (Lipinski definition) is 4. The van der Waals surface area contributed by atoms with E-state index >= 15 is 0 Å². The first-order valence-corrected chi connectivity index (χ1v) is 9.32. The number of hydrogen-bond acceptors (Lipinski definition) is 6. The average Bonchev–Trinajstić information content (AvgIpc) is 3.20. The summed E-state index contributed by atoms with van der Waals surface area (Å²) < 4.78 is 12.4. The largest absolute Gasteiger partial charge is 0.481 e. The molecule has 0 saturated heterocycles. The monoisotopic (exact) mass is 426 g/mol. The zero-order valence-electron chi connectivity index (χ0n) is 18.3. The predicted octanol–water partition coefficient (Wildman–Crippen LogP) is 1.83. The number of nitrogens with one attached hydrogen (secondary N) is 3. The van der Waals surface area contributed by atoms with E-state index in [9.17, 15) is 19.5 Å². The molecule has 0 fully saturated rings. The molecule has 0 saturated carbocycles. The summed E-state index contributed by atoms with van der Waals surface area (Å²) in [6.45, 7) is 2.89. The van der Waals surface area contributed by atoms with Crippen LogP contribution in [0.4, 0.5) is 0 Å². The van der Waals surface area contributed by atoms with Crippen molar-refractivity contribution in [1.82, 2.24) is 25.8 Å². The summed E-state index contributed by atoms with van der Waals surface area (Å²) in [5, 5.41) is 21.9. The molecule has 2 aromatic heterocycles. The molecule has 2 amide bonds. The van der Waals surface area contributed by atoms with Gasteiger partial charge < -0.3 is 20.5 Å². The van der Waals surface area contributed by atoms with Gasteiger partial charge in [0.1, 0.15) is 5.56 Å². The number of fused-ring (bicyclic) bond motifs is 1. The molecule has 2 heterocycles. The molecule has 0 atom stereocenters. The number of nitrogens with zero attached hydrogens (tertiary/aromatic N) is 2. The Hall–Kier alpha value is -3.95. The van der Waals surface area contributed by atoms with Crippen molar-refractivity contribution in [2.24, 2.45) is 5.41 Å². The Bertz CT molecular complexity index is 1190. The number of H-pyrrole nitrogens is 1. The summed E-state index contributed by atoms with van der Waals surface area (Å²) in [6, 6.07) is 6.83. The quantitative estimate of drug-likeness (QED) is 0.451. The van der Waals surface area contributed by atoms with Crippen molar-refractivity contribution in [3.05, 3.63) is 41.7 Å². The molecular formula is C21H23N5O5. The number of carbonyl (C=O) groups is 3. The van der Waals surface area contributed by atoms with Crippen LogP contribution in [0.1, 0.15) is 36.1 Å². The van der Waals surface area contributed by atoms with Crippen molar-refractivity contribution in [2.45, 2.75) is 13.8 Å². The molecule has 3 rings (SSSR count). The van der Waals surface area contributed by atoms with Crippen molar-refractivity contribution in [2.75, 3.05) is 20.7 Å². The van der Waals surface area contributed by atoms with Crippen LogP contribution in [-0.4, -0.2) is 58.7 Å².